The van der Waals surface area contributed by atoms with Crippen LogP contribution in [-0.2, 0) is 4.79 Å². The zero-order valence-electron chi connectivity index (χ0n) is 11.9. The molecule has 1 aliphatic rings. The Hall–Kier alpha value is -1.22. The molecule has 0 heterocycles. The molecule has 0 bridgehead atoms. The number of benzene rings is 1. The lowest BCUT2D eigenvalue weighted by Crippen LogP contribution is -2.39. The number of rotatable bonds is 5. The molecule has 0 unspecified atom stereocenters. The molecule has 0 radical (unpaired) electrons. The first-order chi connectivity index (χ1) is 9.65. The number of hydrogen-bond acceptors (Lipinski definition) is 2. The third kappa shape index (κ3) is 4.71. The molecule has 0 aliphatic heterocycles. The smallest absolute Gasteiger partial charge is 0.260 e. The number of ether oxygens (including phenoxy) is 1. The van der Waals surface area contributed by atoms with Gasteiger partial charge in [-0.15, -0.1) is 0 Å². The molecule has 1 amide bonds. The summed E-state index contributed by atoms with van der Waals surface area (Å²) in [5.41, 5.74) is 0. The molecule has 0 spiro atoms. The molecular weight excluding hydrogens is 274 g/mol. The van der Waals surface area contributed by atoms with Gasteiger partial charge in [0.1, 0.15) is 5.75 Å². The first kappa shape index (κ1) is 15.2. The van der Waals surface area contributed by atoms with Gasteiger partial charge in [0.15, 0.2) is 6.10 Å². The molecule has 1 fully saturated rings. The predicted octanol–water partition coefficient (Wildman–Crippen LogP) is 3.80. The fourth-order valence-corrected chi connectivity index (χ4v) is 2.68. The van der Waals surface area contributed by atoms with Crippen LogP contribution in [0, 0.1) is 5.92 Å². The first-order valence-corrected chi connectivity index (χ1v) is 7.73. The number of hydrogen-bond donors (Lipinski definition) is 1. The topological polar surface area (TPSA) is 38.3 Å². The van der Waals surface area contributed by atoms with E-state index < -0.39 is 6.10 Å². The molecule has 1 aromatic rings. The van der Waals surface area contributed by atoms with Crippen LogP contribution in [0.15, 0.2) is 24.3 Å². The van der Waals surface area contributed by atoms with E-state index in [2.05, 4.69) is 5.32 Å². The number of carbonyl (C=O) groups is 1. The van der Waals surface area contributed by atoms with Gasteiger partial charge in [-0.2, -0.15) is 0 Å². The van der Waals surface area contributed by atoms with Crippen molar-refractivity contribution in [3.63, 3.8) is 0 Å². The third-order valence-electron chi connectivity index (χ3n) is 3.79. The molecule has 4 heteroatoms. The molecule has 0 aromatic heterocycles. The molecule has 20 heavy (non-hydrogen) atoms. The second-order valence-electron chi connectivity index (χ2n) is 5.46. The molecule has 1 atom stereocenters. The largest absolute Gasteiger partial charge is 0.481 e. The number of halogens is 1. The summed E-state index contributed by atoms with van der Waals surface area (Å²) in [4.78, 5) is 12.0. The summed E-state index contributed by atoms with van der Waals surface area (Å²) in [6.07, 6.45) is 5.88. The average molecular weight is 296 g/mol. The maximum atomic E-state index is 12.0. The maximum absolute atomic E-state index is 12.0. The SMILES string of the molecule is C[C@H](Oc1ccc(Cl)cc1)C(=O)NCC1CCCCC1. The zero-order valence-corrected chi connectivity index (χ0v) is 12.7. The predicted molar refractivity (Wildman–Crippen MR) is 81.1 cm³/mol. The molecule has 0 saturated heterocycles. The monoisotopic (exact) mass is 295 g/mol. The Morgan fingerprint density at radius 2 is 1.95 bits per heavy atom. The summed E-state index contributed by atoms with van der Waals surface area (Å²) < 4.78 is 5.60. The number of nitrogens with one attached hydrogen (secondary N) is 1. The summed E-state index contributed by atoms with van der Waals surface area (Å²) in [6, 6.07) is 7.05. The highest BCUT2D eigenvalue weighted by atomic mass is 35.5. The first-order valence-electron chi connectivity index (χ1n) is 7.35. The highest BCUT2D eigenvalue weighted by Crippen LogP contribution is 2.22. The second kappa shape index (κ2) is 7.53. The Labute approximate surface area is 125 Å². The van der Waals surface area contributed by atoms with Gasteiger partial charge in [-0.1, -0.05) is 30.9 Å². The van der Waals surface area contributed by atoms with E-state index in [1.165, 1.54) is 32.1 Å². The fourth-order valence-electron chi connectivity index (χ4n) is 2.55. The lowest BCUT2D eigenvalue weighted by Gasteiger charge is -2.22. The van der Waals surface area contributed by atoms with E-state index >= 15 is 0 Å². The van der Waals surface area contributed by atoms with Crippen molar-refractivity contribution in [1.82, 2.24) is 5.32 Å². The standard InChI is InChI=1S/C16H22ClNO2/c1-12(20-15-9-7-14(17)8-10-15)16(19)18-11-13-5-3-2-4-6-13/h7-10,12-13H,2-6,11H2,1H3,(H,18,19)/t12-/m0/s1. The van der Waals surface area contributed by atoms with E-state index in [-0.39, 0.29) is 5.91 Å². The van der Waals surface area contributed by atoms with E-state index in [1.807, 2.05) is 0 Å². The lowest BCUT2D eigenvalue weighted by atomic mass is 9.89. The van der Waals surface area contributed by atoms with Crippen molar-refractivity contribution in [1.29, 1.82) is 0 Å². The molecule has 3 nitrogen and oxygen atoms in total. The molecular formula is C16H22ClNO2. The normalized spacial score (nSPS) is 17.5. The van der Waals surface area contributed by atoms with E-state index in [1.54, 1.807) is 31.2 Å². The van der Waals surface area contributed by atoms with E-state index in [4.69, 9.17) is 16.3 Å². The van der Waals surface area contributed by atoms with Gasteiger partial charge in [0.05, 0.1) is 0 Å². The van der Waals surface area contributed by atoms with Crippen LogP contribution in [0.25, 0.3) is 0 Å². The van der Waals surface area contributed by atoms with Crippen molar-refractivity contribution in [2.45, 2.75) is 45.1 Å². The molecule has 1 aliphatic carbocycles. The van der Waals surface area contributed by atoms with Crippen molar-refractivity contribution in [3.05, 3.63) is 29.3 Å². The molecule has 1 aromatic carbocycles. The maximum Gasteiger partial charge on any atom is 0.260 e. The van der Waals surface area contributed by atoms with Crippen LogP contribution in [0.2, 0.25) is 5.02 Å². The van der Waals surface area contributed by atoms with Crippen LogP contribution < -0.4 is 10.1 Å². The van der Waals surface area contributed by atoms with Crippen LogP contribution in [-0.4, -0.2) is 18.6 Å². The summed E-state index contributed by atoms with van der Waals surface area (Å²) in [5.74, 6) is 1.25. The van der Waals surface area contributed by atoms with Crippen LogP contribution in [0.1, 0.15) is 39.0 Å². The van der Waals surface area contributed by atoms with Crippen LogP contribution >= 0.6 is 11.6 Å². The van der Waals surface area contributed by atoms with Gasteiger partial charge in [-0.05, 0) is 49.9 Å². The Bertz CT molecular complexity index is 427. The molecule has 2 rings (SSSR count). The summed E-state index contributed by atoms with van der Waals surface area (Å²) >= 11 is 5.81. The highest BCUT2D eigenvalue weighted by molar-refractivity contribution is 6.30. The minimum absolute atomic E-state index is 0.0504. The Morgan fingerprint density at radius 3 is 2.60 bits per heavy atom. The molecule has 110 valence electrons. The van der Waals surface area contributed by atoms with E-state index in [0.29, 0.717) is 16.7 Å². The van der Waals surface area contributed by atoms with Crippen LogP contribution in [0.3, 0.4) is 0 Å². The van der Waals surface area contributed by atoms with Gasteiger partial charge in [-0.25, -0.2) is 0 Å². The van der Waals surface area contributed by atoms with Gasteiger partial charge < -0.3 is 10.1 Å². The Kier molecular flexibility index (Phi) is 5.72. The fraction of sp³-hybridized carbons (Fsp3) is 0.562. The zero-order chi connectivity index (χ0) is 14.4. The van der Waals surface area contributed by atoms with Crippen LogP contribution in [0.4, 0.5) is 0 Å². The molecule has 1 saturated carbocycles. The van der Waals surface area contributed by atoms with E-state index in [0.717, 1.165) is 6.54 Å². The summed E-state index contributed by atoms with van der Waals surface area (Å²) in [5, 5.41) is 3.65. The van der Waals surface area contributed by atoms with Gasteiger partial charge >= 0.3 is 0 Å². The Morgan fingerprint density at radius 1 is 1.30 bits per heavy atom. The minimum atomic E-state index is -0.486. The van der Waals surface area contributed by atoms with E-state index in [9.17, 15) is 4.79 Å². The number of carbonyl (C=O) groups excluding carboxylic acids is 1. The lowest BCUT2D eigenvalue weighted by molar-refractivity contribution is -0.127. The van der Waals surface area contributed by atoms with Crippen molar-refractivity contribution >= 4 is 17.5 Å². The van der Waals surface area contributed by atoms with Crippen molar-refractivity contribution in [3.8, 4) is 5.75 Å². The summed E-state index contributed by atoms with van der Waals surface area (Å²) in [7, 11) is 0. The average Bonchev–Trinajstić information content (AvgIpc) is 2.48. The summed E-state index contributed by atoms with van der Waals surface area (Å²) in [6.45, 7) is 2.54. The Balaban J connectivity index is 1.75. The van der Waals surface area contributed by atoms with Crippen molar-refractivity contribution in [2.75, 3.05) is 6.54 Å². The minimum Gasteiger partial charge on any atom is -0.481 e. The quantitative estimate of drug-likeness (QED) is 0.897. The third-order valence-corrected chi connectivity index (χ3v) is 4.04. The van der Waals surface area contributed by atoms with Gasteiger partial charge in [0, 0.05) is 11.6 Å². The van der Waals surface area contributed by atoms with Crippen molar-refractivity contribution < 1.29 is 9.53 Å². The van der Waals surface area contributed by atoms with Gasteiger partial charge in [0.25, 0.3) is 5.91 Å². The number of amides is 1. The van der Waals surface area contributed by atoms with Gasteiger partial charge in [-0.3, -0.25) is 4.79 Å². The van der Waals surface area contributed by atoms with Crippen LogP contribution in [0.5, 0.6) is 5.75 Å². The second-order valence-corrected chi connectivity index (χ2v) is 5.90. The van der Waals surface area contributed by atoms with Gasteiger partial charge in [0.2, 0.25) is 0 Å². The van der Waals surface area contributed by atoms with Crippen molar-refractivity contribution in [2.24, 2.45) is 5.92 Å². The highest BCUT2D eigenvalue weighted by Gasteiger charge is 2.18. The molecule has 1 N–H and O–H groups in total.